The predicted octanol–water partition coefficient (Wildman–Crippen LogP) is 0.493. The van der Waals surface area contributed by atoms with E-state index in [-0.39, 0.29) is 5.91 Å². The molecule has 1 amide bonds. The molecule has 0 aliphatic carbocycles. The number of hydrogen-bond donors (Lipinski definition) is 2. The van der Waals surface area contributed by atoms with Crippen molar-refractivity contribution >= 4 is 22.4 Å². The van der Waals surface area contributed by atoms with Crippen LogP contribution in [0.2, 0.25) is 0 Å². The lowest BCUT2D eigenvalue weighted by Crippen LogP contribution is -2.47. The Morgan fingerprint density at radius 2 is 2.41 bits per heavy atom. The van der Waals surface area contributed by atoms with Crippen LogP contribution in [0.5, 0.6) is 0 Å². The van der Waals surface area contributed by atoms with Gasteiger partial charge >= 0.3 is 0 Å². The zero-order valence-corrected chi connectivity index (χ0v) is 10.5. The van der Waals surface area contributed by atoms with Crippen LogP contribution in [0, 0.1) is 5.41 Å². The molecule has 1 aromatic rings. The van der Waals surface area contributed by atoms with Crippen LogP contribution in [0.15, 0.2) is 5.51 Å². The summed E-state index contributed by atoms with van der Waals surface area (Å²) in [5.41, 5.74) is 1.16. The first-order valence-corrected chi connectivity index (χ1v) is 6.42. The summed E-state index contributed by atoms with van der Waals surface area (Å²) in [6, 6.07) is 0. The van der Waals surface area contributed by atoms with Gasteiger partial charge < -0.3 is 10.1 Å². The summed E-state index contributed by atoms with van der Waals surface area (Å²) in [4.78, 5) is 12.3. The molecule has 0 spiro atoms. The summed E-state index contributed by atoms with van der Waals surface area (Å²) >= 11 is 1.32. The van der Waals surface area contributed by atoms with E-state index in [0.29, 0.717) is 11.7 Å². The molecule has 2 N–H and O–H groups in total. The highest BCUT2D eigenvalue weighted by Gasteiger charge is 2.39. The van der Waals surface area contributed by atoms with Crippen molar-refractivity contribution in [3.05, 3.63) is 5.51 Å². The number of piperidine rings is 1. The molecule has 0 radical (unpaired) electrons. The molecule has 1 saturated heterocycles. The lowest BCUT2D eigenvalue weighted by molar-refractivity contribution is -0.130. The Bertz CT molecular complexity index is 357. The molecular weight excluding hydrogens is 240 g/mol. The van der Waals surface area contributed by atoms with Gasteiger partial charge in [0.1, 0.15) is 5.51 Å². The highest BCUT2D eigenvalue weighted by atomic mass is 32.1. The topological polar surface area (TPSA) is 76.1 Å². The Hall–Kier alpha value is -1.05. The molecule has 1 aromatic heterocycles. The maximum absolute atomic E-state index is 12.3. The van der Waals surface area contributed by atoms with Crippen LogP contribution in [0.3, 0.4) is 0 Å². The third-order valence-corrected chi connectivity index (χ3v) is 3.65. The van der Waals surface area contributed by atoms with Gasteiger partial charge in [-0.25, -0.2) is 0 Å². The molecule has 0 aromatic carbocycles. The zero-order chi connectivity index (χ0) is 12.1. The van der Waals surface area contributed by atoms with Gasteiger partial charge in [-0.1, -0.05) is 11.3 Å². The Morgan fingerprint density at radius 1 is 1.65 bits per heavy atom. The minimum Gasteiger partial charge on any atom is -0.384 e. The van der Waals surface area contributed by atoms with Crippen molar-refractivity contribution in [1.29, 1.82) is 0 Å². The lowest BCUT2D eigenvalue weighted by Gasteiger charge is -2.35. The second-order valence-electron chi connectivity index (χ2n) is 4.16. The van der Waals surface area contributed by atoms with E-state index in [1.54, 1.807) is 12.6 Å². The summed E-state index contributed by atoms with van der Waals surface area (Å²) < 4.78 is 5.20. The first-order valence-electron chi connectivity index (χ1n) is 5.54. The molecule has 0 atom stereocenters. The molecule has 7 heteroatoms. The second-order valence-corrected chi connectivity index (χ2v) is 4.99. The Balaban J connectivity index is 2.06. The van der Waals surface area contributed by atoms with Crippen LogP contribution in [0.4, 0.5) is 5.13 Å². The first kappa shape index (κ1) is 12.4. The number of carbonyl (C=O) groups excluding carboxylic acids is 1. The first-order chi connectivity index (χ1) is 8.27. The van der Waals surface area contributed by atoms with Crippen molar-refractivity contribution in [1.82, 2.24) is 15.5 Å². The van der Waals surface area contributed by atoms with Crippen LogP contribution >= 0.6 is 11.3 Å². The molecule has 2 heterocycles. The SMILES string of the molecule is COCC1(C(=O)Nc2nncs2)CCNCC1. The van der Waals surface area contributed by atoms with Gasteiger partial charge in [0, 0.05) is 7.11 Å². The van der Waals surface area contributed by atoms with Crippen LogP contribution in [-0.2, 0) is 9.53 Å². The fourth-order valence-electron chi connectivity index (χ4n) is 2.08. The van der Waals surface area contributed by atoms with Crippen molar-refractivity contribution in [2.75, 3.05) is 32.1 Å². The average molecular weight is 256 g/mol. The number of carbonyl (C=O) groups is 1. The number of nitrogens with zero attached hydrogens (tertiary/aromatic N) is 2. The number of anilines is 1. The predicted molar refractivity (Wildman–Crippen MR) is 65.0 cm³/mol. The van der Waals surface area contributed by atoms with Gasteiger partial charge in [-0.3, -0.25) is 10.1 Å². The molecule has 1 fully saturated rings. The summed E-state index contributed by atoms with van der Waals surface area (Å²) in [7, 11) is 1.63. The smallest absolute Gasteiger partial charge is 0.234 e. The molecule has 0 bridgehead atoms. The monoisotopic (exact) mass is 256 g/mol. The molecule has 0 unspecified atom stereocenters. The molecule has 94 valence electrons. The fourth-order valence-corrected chi connectivity index (χ4v) is 2.52. The van der Waals surface area contributed by atoms with Crippen molar-refractivity contribution in [2.24, 2.45) is 5.41 Å². The number of rotatable bonds is 4. The summed E-state index contributed by atoms with van der Waals surface area (Å²) in [5.74, 6) is -0.0161. The largest absolute Gasteiger partial charge is 0.384 e. The quantitative estimate of drug-likeness (QED) is 0.820. The van der Waals surface area contributed by atoms with Gasteiger partial charge in [0.15, 0.2) is 0 Å². The van der Waals surface area contributed by atoms with E-state index < -0.39 is 5.41 Å². The van der Waals surface area contributed by atoms with Crippen LogP contribution < -0.4 is 10.6 Å². The van der Waals surface area contributed by atoms with Crippen LogP contribution in [0.25, 0.3) is 0 Å². The van der Waals surface area contributed by atoms with E-state index >= 15 is 0 Å². The van der Waals surface area contributed by atoms with Gasteiger partial charge in [-0.05, 0) is 25.9 Å². The van der Waals surface area contributed by atoms with Crippen molar-refractivity contribution in [2.45, 2.75) is 12.8 Å². The van der Waals surface area contributed by atoms with Crippen molar-refractivity contribution < 1.29 is 9.53 Å². The van der Waals surface area contributed by atoms with Crippen molar-refractivity contribution in [3.8, 4) is 0 Å². The fraction of sp³-hybridized carbons (Fsp3) is 0.700. The van der Waals surface area contributed by atoms with Gasteiger partial charge in [-0.15, -0.1) is 10.2 Å². The Morgan fingerprint density at radius 3 is 3.00 bits per heavy atom. The third kappa shape index (κ3) is 2.80. The molecule has 6 nitrogen and oxygen atoms in total. The van der Waals surface area contributed by atoms with E-state index in [9.17, 15) is 4.79 Å². The van der Waals surface area contributed by atoms with Crippen molar-refractivity contribution in [3.63, 3.8) is 0 Å². The van der Waals surface area contributed by atoms with E-state index in [0.717, 1.165) is 25.9 Å². The van der Waals surface area contributed by atoms with Gasteiger partial charge in [-0.2, -0.15) is 0 Å². The maximum Gasteiger partial charge on any atom is 0.234 e. The maximum atomic E-state index is 12.3. The molecule has 0 saturated carbocycles. The number of nitrogens with one attached hydrogen (secondary N) is 2. The number of ether oxygens (including phenoxy) is 1. The number of hydrogen-bond acceptors (Lipinski definition) is 6. The minimum absolute atomic E-state index is 0.0161. The standard InChI is InChI=1S/C10H16N4O2S/c1-16-6-10(2-4-11-5-3-10)8(15)13-9-14-12-7-17-9/h7,11H,2-6H2,1H3,(H,13,14,15). The van der Waals surface area contributed by atoms with E-state index in [2.05, 4.69) is 20.8 Å². The molecule has 1 aliphatic heterocycles. The Kier molecular flexibility index (Phi) is 4.03. The zero-order valence-electron chi connectivity index (χ0n) is 9.73. The average Bonchev–Trinajstić information content (AvgIpc) is 2.83. The lowest BCUT2D eigenvalue weighted by atomic mass is 9.79. The summed E-state index contributed by atoms with van der Waals surface area (Å²) in [6.45, 7) is 2.12. The third-order valence-electron chi connectivity index (χ3n) is 3.04. The summed E-state index contributed by atoms with van der Waals surface area (Å²) in [5, 5.41) is 14.1. The highest BCUT2D eigenvalue weighted by Crippen LogP contribution is 2.30. The molecule has 2 rings (SSSR count). The van der Waals surface area contributed by atoms with E-state index in [1.807, 2.05) is 0 Å². The highest BCUT2D eigenvalue weighted by molar-refractivity contribution is 7.13. The second kappa shape index (κ2) is 5.52. The van der Waals surface area contributed by atoms with Gasteiger partial charge in [0.25, 0.3) is 0 Å². The molecule has 17 heavy (non-hydrogen) atoms. The molecule has 1 aliphatic rings. The number of amides is 1. The van der Waals surface area contributed by atoms with E-state index in [1.165, 1.54) is 11.3 Å². The number of aromatic nitrogens is 2. The van der Waals surface area contributed by atoms with Crippen LogP contribution in [0.1, 0.15) is 12.8 Å². The molecular formula is C10H16N4O2S. The van der Waals surface area contributed by atoms with Gasteiger partial charge in [0.05, 0.1) is 12.0 Å². The summed E-state index contributed by atoms with van der Waals surface area (Å²) in [6.07, 6.45) is 1.57. The van der Waals surface area contributed by atoms with Crippen LogP contribution in [-0.4, -0.2) is 42.9 Å². The number of methoxy groups -OCH3 is 1. The minimum atomic E-state index is -0.439. The van der Waals surface area contributed by atoms with Gasteiger partial charge in [0.2, 0.25) is 11.0 Å². The normalized spacial score (nSPS) is 18.9. The Labute approximate surface area is 104 Å². The van der Waals surface area contributed by atoms with E-state index in [4.69, 9.17) is 4.74 Å².